The predicted molar refractivity (Wildman–Crippen MR) is 256 cm³/mol. The molecule has 0 fully saturated rings. The van der Waals surface area contributed by atoms with Gasteiger partial charge in [0.2, 0.25) is 8.07 Å². The third-order valence-electron chi connectivity index (χ3n) is 14.6. The minimum absolute atomic E-state index is 0.193. The van der Waals surface area contributed by atoms with E-state index in [4.69, 9.17) is 14.2 Å². The van der Waals surface area contributed by atoms with Crippen molar-refractivity contribution < 1.29 is 14.2 Å². The molecule has 1 aliphatic carbocycles. The van der Waals surface area contributed by atoms with Gasteiger partial charge in [-0.05, 0) is 78.7 Å². The van der Waals surface area contributed by atoms with Crippen molar-refractivity contribution in [2.45, 2.75) is 25.3 Å². The summed E-state index contributed by atoms with van der Waals surface area (Å²) in [5.41, 5.74) is 10.8. The minimum Gasteiger partial charge on any atom is -0.457 e. The van der Waals surface area contributed by atoms with Crippen LogP contribution in [-0.4, -0.2) is 18.2 Å². The van der Waals surface area contributed by atoms with Crippen molar-refractivity contribution in [1.29, 1.82) is 0 Å². The van der Waals surface area contributed by atoms with E-state index in [1.54, 1.807) is 0 Å². The van der Waals surface area contributed by atoms with Crippen molar-refractivity contribution in [3.05, 3.63) is 193 Å². The Hall–Kier alpha value is -7.74. The number of fused-ring (bicyclic) bond motifs is 9. The van der Waals surface area contributed by atoms with Crippen molar-refractivity contribution in [2.24, 2.45) is 0 Å². The quantitative estimate of drug-likeness (QED) is 0.166. The first-order chi connectivity index (χ1) is 31.0. The SMILES string of the molecule is Cc1ccc2c(c1)Oc1ccc3c4c1N2c1cc(-n2c5ccccc5c5ccccc52)cc2c1[Si]4(c1ccccc1)c1c(cc(N4c5ccccc5C5C=CC=CC54C)cc1O3)O2. The Kier molecular flexibility index (Phi) is 6.24. The highest BCUT2D eigenvalue weighted by molar-refractivity contribution is 7.23. The van der Waals surface area contributed by atoms with Gasteiger partial charge in [0.05, 0.1) is 39.3 Å². The average Bonchev–Trinajstić information content (AvgIpc) is 3.79. The van der Waals surface area contributed by atoms with Gasteiger partial charge in [-0.1, -0.05) is 115 Å². The zero-order valence-electron chi connectivity index (χ0n) is 34.5. The molecule has 6 heterocycles. The zero-order chi connectivity index (χ0) is 41.3. The number of hydrogen-bond acceptors (Lipinski definition) is 5. The van der Waals surface area contributed by atoms with E-state index in [-0.39, 0.29) is 11.5 Å². The van der Waals surface area contributed by atoms with E-state index in [2.05, 4.69) is 210 Å². The maximum absolute atomic E-state index is 7.59. The van der Waals surface area contributed by atoms with E-state index in [1.807, 2.05) is 0 Å². The van der Waals surface area contributed by atoms with Gasteiger partial charge in [0.15, 0.2) is 11.5 Å². The van der Waals surface area contributed by atoms with E-state index in [1.165, 1.54) is 37.6 Å². The Morgan fingerprint density at radius 1 is 0.524 bits per heavy atom. The monoisotopic (exact) mass is 827 g/mol. The highest BCUT2D eigenvalue weighted by atomic mass is 28.3. The Bertz CT molecular complexity index is 3570. The molecule has 8 aromatic carbocycles. The van der Waals surface area contributed by atoms with E-state index >= 15 is 0 Å². The molecule has 0 N–H and O–H groups in total. The van der Waals surface area contributed by atoms with Gasteiger partial charge in [0, 0.05) is 61.8 Å². The molecule has 15 rings (SSSR count). The highest BCUT2D eigenvalue weighted by Gasteiger charge is 2.61. The molecule has 0 radical (unpaired) electrons. The Labute approximate surface area is 364 Å². The van der Waals surface area contributed by atoms with Gasteiger partial charge < -0.3 is 28.6 Å². The number of anilines is 5. The number of allylic oxidation sites excluding steroid dienone is 2. The highest BCUT2D eigenvalue weighted by Crippen LogP contribution is 2.59. The number of hydrogen-bond donors (Lipinski definition) is 0. The summed E-state index contributed by atoms with van der Waals surface area (Å²) >= 11 is 0. The van der Waals surface area contributed by atoms with Gasteiger partial charge in [-0.25, -0.2) is 0 Å². The lowest BCUT2D eigenvalue weighted by Crippen LogP contribution is -2.79. The molecule has 6 aliphatic rings. The van der Waals surface area contributed by atoms with Crippen molar-refractivity contribution in [3.8, 4) is 40.2 Å². The molecule has 0 saturated heterocycles. The zero-order valence-corrected chi connectivity index (χ0v) is 35.5. The predicted octanol–water partition coefficient (Wildman–Crippen LogP) is 11.7. The smallest absolute Gasteiger partial charge is 0.202 e. The Morgan fingerprint density at radius 2 is 1.19 bits per heavy atom. The first kappa shape index (κ1) is 33.9. The molecule has 63 heavy (non-hydrogen) atoms. The maximum atomic E-state index is 7.59. The summed E-state index contributed by atoms with van der Waals surface area (Å²) in [6.45, 7) is 4.47. The van der Waals surface area contributed by atoms with Crippen LogP contribution in [0.2, 0.25) is 0 Å². The molecular formula is C56H37N3O3Si. The largest absolute Gasteiger partial charge is 0.457 e. The van der Waals surface area contributed by atoms with Crippen molar-refractivity contribution in [1.82, 2.24) is 4.57 Å². The summed E-state index contributed by atoms with van der Waals surface area (Å²) in [4.78, 5) is 4.94. The van der Waals surface area contributed by atoms with Crippen molar-refractivity contribution >= 4 is 79.1 Å². The molecular weight excluding hydrogens is 791 g/mol. The summed E-state index contributed by atoms with van der Waals surface area (Å²) in [5, 5.41) is 7.27. The van der Waals surface area contributed by atoms with Crippen LogP contribution in [-0.2, 0) is 0 Å². The molecule has 3 unspecified atom stereocenters. The number of para-hydroxylation sites is 3. The van der Waals surface area contributed by atoms with E-state index in [0.29, 0.717) is 0 Å². The minimum atomic E-state index is -3.24. The van der Waals surface area contributed by atoms with Crippen LogP contribution in [0.15, 0.2) is 182 Å². The van der Waals surface area contributed by atoms with Crippen LogP contribution in [0.4, 0.5) is 28.4 Å². The van der Waals surface area contributed by atoms with Crippen LogP contribution < -0.4 is 44.8 Å². The third-order valence-corrected chi connectivity index (χ3v) is 19.5. The first-order valence-electron chi connectivity index (χ1n) is 21.8. The van der Waals surface area contributed by atoms with Gasteiger partial charge in [0.1, 0.15) is 23.0 Å². The molecule has 5 aliphatic heterocycles. The topological polar surface area (TPSA) is 39.1 Å². The standard InChI is InChI=1S/C56H37N3O3Si/c1-33-23-24-44-48(28-33)60-46-25-26-47-55-52(46)58(44)45-29-34(57-41-20-9-6-16-37(41)38-17-7-10-21-42(38)57)30-49-53(45)63(55,36-14-4-3-5-15-36)54-50(61-47)31-35(32-51(54)62-49)59-43-22-11-8-18-39(43)40-19-12-13-27-56(40,59)2/h3-32,40H,1-2H3. The van der Waals surface area contributed by atoms with Crippen molar-refractivity contribution in [3.63, 3.8) is 0 Å². The van der Waals surface area contributed by atoms with Crippen LogP contribution >= 0.6 is 0 Å². The molecule has 7 heteroatoms. The first-order valence-corrected chi connectivity index (χ1v) is 23.8. The van der Waals surface area contributed by atoms with Gasteiger partial charge in [-0.2, -0.15) is 0 Å². The van der Waals surface area contributed by atoms with Gasteiger partial charge in [-0.15, -0.1) is 0 Å². The Morgan fingerprint density at radius 3 is 2.00 bits per heavy atom. The second-order valence-electron chi connectivity index (χ2n) is 17.9. The van der Waals surface area contributed by atoms with Gasteiger partial charge in [-0.3, -0.25) is 0 Å². The summed E-state index contributed by atoms with van der Waals surface area (Å²) in [7, 11) is -3.24. The van der Waals surface area contributed by atoms with E-state index < -0.39 is 8.07 Å². The van der Waals surface area contributed by atoms with Crippen LogP contribution in [0.5, 0.6) is 34.5 Å². The number of benzene rings is 8. The summed E-state index contributed by atoms with van der Waals surface area (Å²) in [6, 6.07) is 57.6. The van der Waals surface area contributed by atoms with Gasteiger partial charge >= 0.3 is 0 Å². The number of aryl methyl sites for hydroxylation is 1. The van der Waals surface area contributed by atoms with Crippen LogP contribution in [0, 0.1) is 6.92 Å². The van der Waals surface area contributed by atoms with Crippen molar-refractivity contribution in [2.75, 3.05) is 9.80 Å². The molecule has 298 valence electrons. The molecule has 9 aromatic rings. The van der Waals surface area contributed by atoms with Crippen LogP contribution in [0.1, 0.15) is 24.0 Å². The summed E-state index contributed by atoms with van der Waals surface area (Å²) < 4.78 is 24.3. The lowest BCUT2D eigenvalue weighted by molar-refractivity contribution is 0.455. The molecule has 0 bridgehead atoms. The number of nitrogens with zero attached hydrogens (tertiary/aromatic N) is 3. The third kappa shape index (κ3) is 4.05. The second-order valence-corrected chi connectivity index (χ2v) is 21.5. The normalized spacial score (nSPS) is 20.7. The second kappa shape index (κ2) is 11.6. The Balaban J connectivity index is 1.09. The summed E-state index contributed by atoms with van der Waals surface area (Å²) in [6.07, 6.45) is 9.06. The molecule has 0 spiro atoms. The molecule has 6 nitrogen and oxygen atoms in total. The lowest BCUT2D eigenvalue weighted by Gasteiger charge is -2.51. The fourth-order valence-corrected chi connectivity index (χ4v) is 17.6. The average molecular weight is 828 g/mol. The number of aromatic nitrogens is 1. The molecule has 0 saturated carbocycles. The van der Waals surface area contributed by atoms with E-state index in [9.17, 15) is 0 Å². The molecule has 3 atom stereocenters. The van der Waals surface area contributed by atoms with Gasteiger partial charge in [0.25, 0.3) is 0 Å². The number of rotatable bonds is 3. The van der Waals surface area contributed by atoms with Crippen LogP contribution in [0.3, 0.4) is 0 Å². The fourth-order valence-electron chi connectivity index (χ4n) is 12.2. The lowest BCUT2D eigenvalue weighted by atomic mass is 9.80. The maximum Gasteiger partial charge on any atom is 0.202 e. The van der Waals surface area contributed by atoms with E-state index in [0.717, 1.165) is 84.7 Å². The fraction of sp³-hybridized carbons (Fsp3) is 0.0714. The molecule has 0 amide bonds. The van der Waals surface area contributed by atoms with Crippen LogP contribution in [0.25, 0.3) is 27.5 Å². The summed E-state index contributed by atoms with van der Waals surface area (Å²) in [5.74, 6) is 5.25. The molecule has 1 aromatic heterocycles. The number of ether oxygens (including phenoxy) is 3.